The van der Waals surface area contributed by atoms with Gasteiger partial charge in [0.15, 0.2) is 11.2 Å². The van der Waals surface area contributed by atoms with E-state index in [0.717, 1.165) is 6.07 Å². The molecule has 0 aliphatic rings. The van der Waals surface area contributed by atoms with Crippen LogP contribution in [0.1, 0.15) is 16.3 Å². The topological polar surface area (TPSA) is 90.3 Å². The molecule has 1 aromatic carbocycles. The average molecular weight is 370 g/mol. The fourth-order valence-electron chi connectivity index (χ4n) is 2.53. The van der Waals surface area contributed by atoms with Crippen LogP contribution in [0.2, 0.25) is 5.02 Å². The molecule has 130 valence electrons. The van der Waals surface area contributed by atoms with E-state index in [4.69, 9.17) is 20.4 Å². The molecule has 0 atom stereocenters. The molecular weight excluding hydrogens is 358 g/mol. The molecule has 0 saturated carbocycles. The van der Waals surface area contributed by atoms with Crippen LogP contribution >= 0.6 is 11.6 Å². The van der Waals surface area contributed by atoms with Gasteiger partial charge in [0.25, 0.3) is 5.91 Å². The molecule has 3 aromatic heterocycles. The van der Waals surface area contributed by atoms with E-state index >= 15 is 0 Å². The predicted molar refractivity (Wildman–Crippen MR) is 95.5 cm³/mol. The summed E-state index contributed by atoms with van der Waals surface area (Å²) < 4.78 is 12.4. The first kappa shape index (κ1) is 16.2. The maximum atomic E-state index is 12.5. The minimum atomic E-state index is -0.555. The van der Waals surface area contributed by atoms with E-state index in [1.54, 1.807) is 47.5 Å². The second-order valence-electron chi connectivity index (χ2n) is 5.52. The van der Waals surface area contributed by atoms with Crippen LogP contribution in [-0.2, 0) is 6.54 Å². The molecule has 0 bridgehead atoms. The number of rotatable bonds is 4. The molecule has 0 fully saturated rings. The van der Waals surface area contributed by atoms with Crippen LogP contribution in [0.5, 0.6) is 0 Å². The summed E-state index contributed by atoms with van der Waals surface area (Å²) in [5.41, 5.74) is -0.0564. The third kappa shape index (κ3) is 3.12. The SMILES string of the molecule is O=C(Nc1ccnn1Cc1ccco1)c1cc(=O)c2cc(Cl)ccc2o1. The molecule has 4 aromatic rings. The highest BCUT2D eigenvalue weighted by molar-refractivity contribution is 6.31. The van der Waals surface area contributed by atoms with Gasteiger partial charge in [-0.25, -0.2) is 4.68 Å². The second kappa shape index (κ2) is 6.53. The Labute approximate surface area is 151 Å². The number of hydrogen-bond donors (Lipinski definition) is 1. The maximum Gasteiger partial charge on any atom is 0.292 e. The largest absolute Gasteiger partial charge is 0.467 e. The number of amides is 1. The lowest BCUT2D eigenvalue weighted by atomic mass is 10.2. The lowest BCUT2D eigenvalue weighted by Gasteiger charge is -2.08. The molecule has 7 nitrogen and oxygen atoms in total. The van der Waals surface area contributed by atoms with Crippen LogP contribution in [0.15, 0.2) is 68.6 Å². The van der Waals surface area contributed by atoms with Gasteiger partial charge in [0.2, 0.25) is 0 Å². The Bertz CT molecular complexity index is 1140. The number of nitrogens with one attached hydrogen (secondary N) is 1. The monoisotopic (exact) mass is 369 g/mol. The first-order chi connectivity index (χ1) is 12.6. The van der Waals surface area contributed by atoms with Crippen LogP contribution in [0.4, 0.5) is 5.82 Å². The Kier molecular flexibility index (Phi) is 4.06. The molecule has 8 heteroatoms. The third-order valence-electron chi connectivity index (χ3n) is 3.76. The Morgan fingerprint density at radius 3 is 2.92 bits per heavy atom. The van der Waals surface area contributed by atoms with Gasteiger partial charge in [-0.15, -0.1) is 0 Å². The number of nitrogens with zero attached hydrogens (tertiary/aromatic N) is 2. The highest BCUT2D eigenvalue weighted by Crippen LogP contribution is 2.18. The number of furan rings is 1. The van der Waals surface area contributed by atoms with Crippen molar-refractivity contribution in [1.29, 1.82) is 0 Å². The Hall–Kier alpha value is -3.32. The normalized spacial score (nSPS) is 11.0. The second-order valence-corrected chi connectivity index (χ2v) is 5.96. The zero-order valence-corrected chi connectivity index (χ0v) is 14.1. The summed E-state index contributed by atoms with van der Waals surface area (Å²) in [6.45, 7) is 0.357. The van der Waals surface area contributed by atoms with Crippen LogP contribution in [-0.4, -0.2) is 15.7 Å². The van der Waals surface area contributed by atoms with Crippen molar-refractivity contribution in [3.05, 3.63) is 81.7 Å². The first-order valence-electron chi connectivity index (χ1n) is 7.69. The summed E-state index contributed by atoms with van der Waals surface area (Å²) in [7, 11) is 0. The third-order valence-corrected chi connectivity index (χ3v) is 3.99. The number of carbonyl (C=O) groups excluding carboxylic acids is 1. The minimum Gasteiger partial charge on any atom is -0.467 e. The first-order valence-corrected chi connectivity index (χ1v) is 8.07. The molecule has 4 rings (SSSR count). The van der Waals surface area contributed by atoms with Crippen LogP contribution in [0.3, 0.4) is 0 Å². The number of anilines is 1. The van der Waals surface area contributed by atoms with Crippen molar-refractivity contribution in [3.63, 3.8) is 0 Å². The van der Waals surface area contributed by atoms with Gasteiger partial charge in [-0.3, -0.25) is 9.59 Å². The van der Waals surface area contributed by atoms with Gasteiger partial charge < -0.3 is 14.2 Å². The van der Waals surface area contributed by atoms with Gasteiger partial charge in [-0.05, 0) is 30.3 Å². The van der Waals surface area contributed by atoms with E-state index < -0.39 is 5.91 Å². The molecule has 0 unspecified atom stereocenters. The molecular formula is C18H12ClN3O4. The molecule has 0 aliphatic carbocycles. The standard InChI is InChI=1S/C18H12ClN3O4/c19-11-3-4-15-13(8-11)14(23)9-16(26-15)18(24)21-17-5-6-20-22(17)10-12-2-1-7-25-12/h1-9H,10H2,(H,21,24). The van der Waals surface area contributed by atoms with Crippen molar-refractivity contribution >= 4 is 34.3 Å². The zero-order valence-electron chi connectivity index (χ0n) is 13.3. The van der Waals surface area contributed by atoms with Gasteiger partial charge in [0, 0.05) is 17.2 Å². The Morgan fingerprint density at radius 2 is 2.12 bits per heavy atom. The number of halogens is 1. The van der Waals surface area contributed by atoms with Crippen LogP contribution in [0.25, 0.3) is 11.0 Å². The fraction of sp³-hybridized carbons (Fsp3) is 0.0556. The summed E-state index contributed by atoms with van der Waals surface area (Å²) in [4.78, 5) is 24.7. The van der Waals surface area contributed by atoms with E-state index in [9.17, 15) is 9.59 Å². The highest BCUT2D eigenvalue weighted by Gasteiger charge is 2.15. The number of aromatic nitrogens is 2. The summed E-state index contributed by atoms with van der Waals surface area (Å²) in [5, 5.41) is 7.57. The number of carbonyl (C=O) groups is 1. The van der Waals surface area contributed by atoms with E-state index in [0.29, 0.717) is 28.5 Å². The predicted octanol–water partition coefficient (Wildman–Crippen LogP) is 3.54. The Morgan fingerprint density at radius 1 is 1.23 bits per heavy atom. The van der Waals surface area contributed by atoms with Crippen molar-refractivity contribution in [1.82, 2.24) is 9.78 Å². The van der Waals surface area contributed by atoms with Gasteiger partial charge in [-0.1, -0.05) is 11.6 Å². The van der Waals surface area contributed by atoms with Crippen molar-refractivity contribution in [2.24, 2.45) is 0 Å². The molecule has 0 spiro atoms. The number of hydrogen-bond acceptors (Lipinski definition) is 5. The molecule has 26 heavy (non-hydrogen) atoms. The summed E-state index contributed by atoms with van der Waals surface area (Å²) in [5.74, 6) is 0.485. The van der Waals surface area contributed by atoms with E-state index in [2.05, 4.69) is 10.4 Å². The summed E-state index contributed by atoms with van der Waals surface area (Å²) in [6, 6.07) is 11.0. The van der Waals surface area contributed by atoms with Gasteiger partial charge in [-0.2, -0.15) is 5.10 Å². The minimum absolute atomic E-state index is 0.101. The van der Waals surface area contributed by atoms with E-state index in [1.165, 1.54) is 6.07 Å². The lowest BCUT2D eigenvalue weighted by Crippen LogP contribution is -2.18. The summed E-state index contributed by atoms with van der Waals surface area (Å²) >= 11 is 5.89. The molecule has 0 radical (unpaired) electrons. The van der Waals surface area contributed by atoms with Crippen molar-refractivity contribution in [2.75, 3.05) is 5.32 Å². The molecule has 0 aliphatic heterocycles. The van der Waals surface area contributed by atoms with Crippen LogP contribution < -0.4 is 10.7 Å². The van der Waals surface area contributed by atoms with Gasteiger partial charge >= 0.3 is 0 Å². The Balaban J connectivity index is 1.61. The average Bonchev–Trinajstić information content (AvgIpc) is 3.28. The number of benzene rings is 1. The molecule has 1 N–H and O–H groups in total. The van der Waals surface area contributed by atoms with Crippen molar-refractivity contribution < 1.29 is 13.6 Å². The smallest absolute Gasteiger partial charge is 0.292 e. The van der Waals surface area contributed by atoms with Gasteiger partial charge in [0.1, 0.15) is 23.7 Å². The number of fused-ring (bicyclic) bond motifs is 1. The van der Waals surface area contributed by atoms with Crippen LogP contribution in [0, 0.1) is 0 Å². The zero-order chi connectivity index (χ0) is 18.1. The van der Waals surface area contributed by atoms with Gasteiger partial charge in [0.05, 0.1) is 17.8 Å². The molecule has 3 heterocycles. The fourth-order valence-corrected chi connectivity index (χ4v) is 2.71. The quantitative estimate of drug-likeness (QED) is 0.594. The van der Waals surface area contributed by atoms with E-state index in [1.807, 2.05) is 0 Å². The van der Waals surface area contributed by atoms with Crippen molar-refractivity contribution in [3.8, 4) is 0 Å². The molecule has 1 amide bonds. The highest BCUT2D eigenvalue weighted by atomic mass is 35.5. The summed E-state index contributed by atoms with van der Waals surface area (Å²) in [6.07, 6.45) is 3.12. The maximum absolute atomic E-state index is 12.5. The molecule has 0 saturated heterocycles. The van der Waals surface area contributed by atoms with Crippen molar-refractivity contribution in [2.45, 2.75) is 6.54 Å². The van der Waals surface area contributed by atoms with E-state index in [-0.39, 0.29) is 16.8 Å². The lowest BCUT2D eigenvalue weighted by molar-refractivity contribution is 0.0996.